The maximum atomic E-state index is 12.1. The standard InChI is InChI=1S/C15H21NO4/c1-14(2,3)20-13(17)15(4,16)8-10-5-6-11-12(7-10)19-9-18-11/h5-7H,8-9,16H2,1-4H3/t15-/m0/s1. The monoisotopic (exact) mass is 279 g/mol. The van der Waals surface area contributed by atoms with Crippen molar-refractivity contribution in [2.45, 2.75) is 45.3 Å². The van der Waals surface area contributed by atoms with Gasteiger partial charge in [0, 0.05) is 6.42 Å². The summed E-state index contributed by atoms with van der Waals surface area (Å²) in [6.45, 7) is 7.36. The van der Waals surface area contributed by atoms with E-state index in [1.807, 2.05) is 39.0 Å². The highest BCUT2D eigenvalue weighted by Crippen LogP contribution is 2.33. The van der Waals surface area contributed by atoms with Gasteiger partial charge in [0.2, 0.25) is 6.79 Å². The third-order valence-electron chi connectivity index (χ3n) is 2.87. The Morgan fingerprint density at radius 1 is 1.25 bits per heavy atom. The summed E-state index contributed by atoms with van der Waals surface area (Å²) in [5.74, 6) is 0.981. The number of esters is 1. The molecule has 2 N–H and O–H groups in total. The Hall–Kier alpha value is -1.75. The van der Waals surface area contributed by atoms with Gasteiger partial charge in [0.1, 0.15) is 11.1 Å². The normalized spacial score (nSPS) is 16.6. The van der Waals surface area contributed by atoms with Crippen LogP contribution in [0.3, 0.4) is 0 Å². The maximum absolute atomic E-state index is 12.1. The molecule has 1 aromatic rings. The third kappa shape index (κ3) is 3.42. The summed E-state index contributed by atoms with van der Waals surface area (Å²) in [4.78, 5) is 12.1. The Bertz CT molecular complexity index is 517. The van der Waals surface area contributed by atoms with E-state index in [4.69, 9.17) is 19.9 Å². The van der Waals surface area contributed by atoms with Crippen LogP contribution >= 0.6 is 0 Å². The minimum Gasteiger partial charge on any atom is -0.459 e. The molecule has 0 saturated heterocycles. The van der Waals surface area contributed by atoms with E-state index in [9.17, 15) is 4.79 Å². The molecule has 20 heavy (non-hydrogen) atoms. The highest BCUT2D eigenvalue weighted by atomic mass is 16.7. The van der Waals surface area contributed by atoms with Gasteiger partial charge in [-0.05, 0) is 45.4 Å². The first kappa shape index (κ1) is 14.7. The van der Waals surface area contributed by atoms with Gasteiger partial charge in [-0.3, -0.25) is 4.79 Å². The van der Waals surface area contributed by atoms with Crippen LogP contribution in [0.4, 0.5) is 0 Å². The predicted molar refractivity (Wildman–Crippen MR) is 74.7 cm³/mol. The second kappa shape index (κ2) is 4.98. The number of rotatable bonds is 3. The topological polar surface area (TPSA) is 70.8 Å². The zero-order valence-corrected chi connectivity index (χ0v) is 12.4. The lowest BCUT2D eigenvalue weighted by Gasteiger charge is -2.28. The molecule has 1 aromatic carbocycles. The molecule has 0 spiro atoms. The molecular formula is C15H21NO4. The smallest absolute Gasteiger partial charge is 0.326 e. The summed E-state index contributed by atoms with van der Waals surface area (Å²) in [5, 5.41) is 0. The summed E-state index contributed by atoms with van der Waals surface area (Å²) >= 11 is 0. The number of fused-ring (bicyclic) bond motifs is 1. The molecular weight excluding hydrogens is 258 g/mol. The average molecular weight is 279 g/mol. The lowest BCUT2D eigenvalue weighted by molar-refractivity contribution is -0.160. The van der Waals surface area contributed by atoms with E-state index >= 15 is 0 Å². The van der Waals surface area contributed by atoms with Gasteiger partial charge in [0.15, 0.2) is 11.5 Å². The molecule has 0 bridgehead atoms. The van der Waals surface area contributed by atoms with E-state index in [1.54, 1.807) is 6.92 Å². The Kier molecular flexibility index (Phi) is 3.65. The second-order valence-electron chi connectivity index (χ2n) is 6.28. The Labute approximate surface area is 119 Å². The Balaban J connectivity index is 2.09. The molecule has 2 rings (SSSR count). The first-order chi connectivity index (χ1) is 9.17. The summed E-state index contributed by atoms with van der Waals surface area (Å²) in [6, 6.07) is 5.55. The van der Waals surface area contributed by atoms with Crippen LogP contribution in [0.5, 0.6) is 11.5 Å². The van der Waals surface area contributed by atoms with Crippen molar-refractivity contribution < 1.29 is 19.0 Å². The highest BCUT2D eigenvalue weighted by molar-refractivity contribution is 5.80. The number of hydrogen-bond donors (Lipinski definition) is 1. The fraction of sp³-hybridized carbons (Fsp3) is 0.533. The Morgan fingerprint density at radius 3 is 2.55 bits per heavy atom. The van der Waals surface area contributed by atoms with Crippen LogP contribution in [0, 0.1) is 0 Å². The lowest BCUT2D eigenvalue weighted by atomic mass is 9.93. The van der Waals surface area contributed by atoms with Crippen molar-refractivity contribution in [1.82, 2.24) is 0 Å². The molecule has 1 heterocycles. The minimum absolute atomic E-state index is 0.227. The van der Waals surface area contributed by atoms with Crippen molar-refractivity contribution >= 4 is 5.97 Å². The van der Waals surface area contributed by atoms with Gasteiger partial charge in [-0.25, -0.2) is 0 Å². The van der Waals surface area contributed by atoms with Gasteiger partial charge in [-0.1, -0.05) is 6.07 Å². The molecule has 1 aliphatic heterocycles. The van der Waals surface area contributed by atoms with Crippen molar-refractivity contribution in [3.05, 3.63) is 23.8 Å². The molecule has 0 unspecified atom stereocenters. The summed E-state index contributed by atoms with van der Waals surface area (Å²) in [6.07, 6.45) is 0.374. The van der Waals surface area contributed by atoms with Crippen LogP contribution in [0.25, 0.3) is 0 Å². The van der Waals surface area contributed by atoms with Gasteiger partial charge in [-0.2, -0.15) is 0 Å². The summed E-state index contributed by atoms with van der Waals surface area (Å²) in [5.41, 5.74) is 5.37. The van der Waals surface area contributed by atoms with E-state index in [0.717, 1.165) is 5.56 Å². The fourth-order valence-electron chi connectivity index (χ4n) is 1.94. The summed E-state index contributed by atoms with van der Waals surface area (Å²) in [7, 11) is 0. The molecule has 5 nitrogen and oxygen atoms in total. The number of benzene rings is 1. The van der Waals surface area contributed by atoms with Crippen molar-refractivity contribution in [2.75, 3.05) is 6.79 Å². The number of hydrogen-bond acceptors (Lipinski definition) is 5. The van der Waals surface area contributed by atoms with Crippen molar-refractivity contribution in [1.29, 1.82) is 0 Å². The van der Waals surface area contributed by atoms with Crippen LogP contribution in [-0.4, -0.2) is 23.9 Å². The predicted octanol–water partition coefficient (Wildman–Crippen LogP) is 2.02. The van der Waals surface area contributed by atoms with Gasteiger partial charge >= 0.3 is 5.97 Å². The number of carbonyl (C=O) groups excluding carboxylic acids is 1. The van der Waals surface area contributed by atoms with Crippen LogP contribution in [0.1, 0.15) is 33.3 Å². The molecule has 110 valence electrons. The average Bonchev–Trinajstić information content (AvgIpc) is 2.73. The quantitative estimate of drug-likeness (QED) is 0.857. The molecule has 1 atom stereocenters. The molecule has 0 aromatic heterocycles. The first-order valence-electron chi connectivity index (χ1n) is 6.58. The molecule has 0 radical (unpaired) electrons. The van der Waals surface area contributed by atoms with Crippen LogP contribution in [0.2, 0.25) is 0 Å². The second-order valence-corrected chi connectivity index (χ2v) is 6.28. The van der Waals surface area contributed by atoms with E-state index in [2.05, 4.69) is 0 Å². The van der Waals surface area contributed by atoms with E-state index in [0.29, 0.717) is 17.9 Å². The highest BCUT2D eigenvalue weighted by Gasteiger charge is 2.33. The molecule has 0 aliphatic carbocycles. The van der Waals surface area contributed by atoms with Crippen molar-refractivity contribution in [2.24, 2.45) is 5.73 Å². The van der Waals surface area contributed by atoms with Gasteiger partial charge in [-0.15, -0.1) is 0 Å². The largest absolute Gasteiger partial charge is 0.459 e. The molecule has 0 saturated carbocycles. The van der Waals surface area contributed by atoms with Crippen LogP contribution in [-0.2, 0) is 16.0 Å². The van der Waals surface area contributed by atoms with E-state index in [1.165, 1.54) is 0 Å². The maximum Gasteiger partial charge on any atom is 0.326 e. The number of carbonyl (C=O) groups is 1. The van der Waals surface area contributed by atoms with Crippen molar-refractivity contribution in [3.8, 4) is 11.5 Å². The van der Waals surface area contributed by atoms with Gasteiger partial charge < -0.3 is 19.9 Å². The zero-order valence-electron chi connectivity index (χ0n) is 12.4. The lowest BCUT2D eigenvalue weighted by Crippen LogP contribution is -2.50. The van der Waals surface area contributed by atoms with E-state index < -0.39 is 17.1 Å². The van der Waals surface area contributed by atoms with Gasteiger partial charge in [0.05, 0.1) is 0 Å². The molecule has 1 aliphatic rings. The number of ether oxygens (including phenoxy) is 3. The first-order valence-corrected chi connectivity index (χ1v) is 6.58. The minimum atomic E-state index is -1.08. The van der Waals surface area contributed by atoms with Crippen LogP contribution < -0.4 is 15.2 Å². The molecule has 5 heteroatoms. The number of nitrogens with two attached hydrogens (primary N) is 1. The molecule has 0 amide bonds. The fourth-order valence-corrected chi connectivity index (χ4v) is 1.94. The third-order valence-corrected chi connectivity index (χ3v) is 2.87. The zero-order chi connectivity index (χ0) is 15.0. The van der Waals surface area contributed by atoms with Crippen LogP contribution in [0.15, 0.2) is 18.2 Å². The van der Waals surface area contributed by atoms with E-state index in [-0.39, 0.29) is 6.79 Å². The van der Waals surface area contributed by atoms with Crippen molar-refractivity contribution in [3.63, 3.8) is 0 Å². The molecule has 0 fully saturated rings. The van der Waals surface area contributed by atoms with Gasteiger partial charge in [0.25, 0.3) is 0 Å². The SMILES string of the molecule is CC(C)(C)OC(=O)[C@@](C)(N)Cc1ccc2c(c1)OCO2. The summed E-state index contributed by atoms with van der Waals surface area (Å²) < 4.78 is 15.9. The Morgan fingerprint density at radius 2 is 1.90 bits per heavy atom.